The van der Waals surface area contributed by atoms with Crippen LogP contribution in [0.2, 0.25) is 0 Å². The maximum Gasteiger partial charge on any atom is 0.341 e. The zero-order valence-electron chi connectivity index (χ0n) is 10.8. The smallest absolute Gasteiger partial charge is 0.341 e. The largest absolute Gasteiger partial charge is 0.507 e. The molecule has 0 aliphatic rings. The Kier molecular flexibility index (Phi) is 4.37. The molecule has 0 saturated carbocycles. The summed E-state index contributed by atoms with van der Waals surface area (Å²) in [6.07, 6.45) is 0.270. The fourth-order valence-electron chi connectivity index (χ4n) is 1.66. The zero-order chi connectivity index (χ0) is 14.5. The topological polar surface area (TPSA) is 75.6 Å². The number of methoxy groups -OCH3 is 1. The Hall–Kier alpha value is -2.34. The average molecular weight is 291 g/mol. The van der Waals surface area contributed by atoms with Gasteiger partial charge in [0, 0.05) is 10.6 Å². The van der Waals surface area contributed by atoms with Gasteiger partial charge in [0.1, 0.15) is 11.3 Å². The summed E-state index contributed by atoms with van der Waals surface area (Å²) in [5.41, 5.74) is 0.450. The number of amides is 1. The predicted octanol–water partition coefficient (Wildman–Crippen LogP) is 2.42. The van der Waals surface area contributed by atoms with E-state index in [-0.39, 0.29) is 23.6 Å². The van der Waals surface area contributed by atoms with Crippen molar-refractivity contribution in [2.75, 3.05) is 12.4 Å². The first-order chi connectivity index (χ1) is 9.60. The number of phenols is 1. The Morgan fingerprint density at radius 1 is 1.35 bits per heavy atom. The van der Waals surface area contributed by atoms with Gasteiger partial charge in [-0.05, 0) is 29.6 Å². The molecule has 2 aromatic rings. The van der Waals surface area contributed by atoms with Crippen LogP contribution in [0.15, 0.2) is 35.7 Å². The first kappa shape index (κ1) is 14.1. The number of rotatable bonds is 4. The van der Waals surface area contributed by atoms with Crippen LogP contribution in [0.1, 0.15) is 15.2 Å². The van der Waals surface area contributed by atoms with Crippen molar-refractivity contribution < 1.29 is 19.4 Å². The third-order valence-corrected chi connectivity index (χ3v) is 3.48. The fourth-order valence-corrected chi connectivity index (χ4v) is 2.37. The number of esters is 1. The molecule has 0 unspecified atom stereocenters. The third-order valence-electron chi connectivity index (χ3n) is 2.60. The highest BCUT2D eigenvalue weighted by Gasteiger charge is 2.13. The van der Waals surface area contributed by atoms with E-state index < -0.39 is 5.97 Å². The molecule has 0 saturated heterocycles. The van der Waals surface area contributed by atoms with Crippen LogP contribution in [-0.4, -0.2) is 24.1 Å². The number of ether oxygens (including phenoxy) is 1. The lowest BCUT2D eigenvalue weighted by molar-refractivity contribution is -0.115. The van der Waals surface area contributed by atoms with Gasteiger partial charge < -0.3 is 15.2 Å². The van der Waals surface area contributed by atoms with Crippen molar-refractivity contribution >= 4 is 28.9 Å². The van der Waals surface area contributed by atoms with E-state index >= 15 is 0 Å². The van der Waals surface area contributed by atoms with Gasteiger partial charge in [-0.2, -0.15) is 0 Å². The molecule has 1 amide bonds. The van der Waals surface area contributed by atoms with E-state index in [9.17, 15) is 14.7 Å². The van der Waals surface area contributed by atoms with E-state index in [0.29, 0.717) is 5.69 Å². The van der Waals surface area contributed by atoms with Gasteiger partial charge >= 0.3 is 5.97 Å². The minimum Gasteiger partial charge on any atom is -0.507 e. The first-order valence-electron chi connectivity index (χ1n) is 5.83. The highest BCUT2D eigenvalue weighted by molar-refractivity contribution is 7.10. The highest BCUT2D eigenvalue weighted by atomic mass is 32.1. The Bertz CT molecular complexity index is 622. The summed E-state index contributed by atoms with van der Waals surface area (Å²) >= 11 is 1.50. The molecule has 0 aliphatic carbocycles. The molecule has 5 nitrogen and oxygen atoms in total. The highest BCUT2D eigenvalue weighted by Crippen LogP contribution is 2.22. The number of thiophene rings is 1. The molecule has 1 aromatic heterocycles. The minimum absolute atomic E-state index is 0.0152. The lowest BCUT2D eigenvalue weighted by Crippen LogP contribution is -2.14. The number of carbonyl (C=O) groups excluding carboxylic acids is 2. The molecule has 0 radical (unpaired) electrons. The predicted molar refractivity (Wildman–Crippen MR) is 76.1 cm³/mol. The average Bonchev–Trinajstić information content (AvgIpc) is 2.92. The number of phenolic OH excluding ortho intramolecular Hbond substituents is 1. The van der Waals surface area contributed by atoms with E-state index in [1.807, 2.05) is 17.5 Å². The van der Waals surface area contributed by atoms with Crippen molar-refractivity contribution in [2.45, 2.75) is 6.42 Å². The monoisotopic (exact) mass is 291 g/mol. The lowest BCUT2D eigenvalue weighted by atomic mass is 10.1. The van der Waals surface area contributed by atoms with Crippen molar-refractivity contribution in [3.05, 3.63) is 46.2 Å². The number of nitrogens with one attached hydrogen (secondary N) is 1. The van der Waals surface area contributed by atoms with Crippen LogP contribution >= 0.6 is 11.3 Å². The van der Waals surface area contributed by atoms with E-state index in [4.69, 9.17) is 0 Å². The molecule has 0 fully saturated rings. The molecule has 2 N–H and O–H groups in total. The quantitative estimate of drug-likeness (QED) is 0.670. The second kappa shape index (κ2) is 6.21. The summed E-state index contributed by atoms with van der Waals surface area (Å²) in [6.45, 7) is 0. The summed E-state index contributed by atoms with van der Waals surface area (Å²) in [7, 11) is 1.23. The Balaban J connectivity index is 2.09. The lowest BCUT2D eigenvalue weighted by Gasteiger charge is -2.07. The number of benzene rings is 1. The van der Waals surface area contributed by atoms with E-state index in [2.05, 4.69) is 10.1 Å². The molecule has 1 aromatic carbocycles. The molecule has 0 atom stereocenters. The van der Waals surface area contributed by atoms with Crippen LogP contribution in [-0.2, 0) is 16.0 Å². The molecule has 0 bridgehead atoms. The molecular weight excluding hydrogens is 278 g/mol. The molecule has 1 heterocycles. The van der Waals surface area contributed by atoms with Crippen LogP contribution < -0.4 is 5.32 Å². The number of aromatic hydroxyl groups is 1. The van der Waals surface area contributed by atoms with Gasteiger partial charge in [-0.3, -0.25) is 4.79 Å². The molecule has 0 spiro atoms. The van der Waals surface area contributed by atoms with Gasteiger partial charge in [-0.1, -0.05) is 6.07 Å². The third kappa shape index (κ3) is 3.36. The van der Waals surface area contributed by atoms with E-state index in [1.54, 1.807) is 0 Å². The van der Waals surface area contributed by atoms with Gasteiger partial charge in [0.05, 0.1) is 13.5 Å². The molecule has 20 heavy (non-hydrogen) atoms. The molecular formula is C14H13NO4S. The summed E-state index contributed by atoms with van der Waals surface area (Å²) in [4.78, 5) is 24.2. The Morgan fingerprint density at radius 2 is 2.15 bits per heavy atom. The number of hydrogen-bond acceptors (Lipinski definition) is 5. The standard InChI is InChI=1S/C14H13NO4S/c1-19-14(18)11-7-9(4-5-12(11)16)15-13(17)8-10-3-2-6-20-10/h2-7,16H,8H2,1H3,(H,15,17). The summed E-state index contributed by atoms with van der Waals surface area (Å²) < 4.78 is 4.55. The number of carbonyl (C=O) groups is 2. The second-order valence-corrected chi connectivity index (χ2v) is 5.06. The molecule has 0 aliphatic heterocycles. The second-order valence-electron chi connectivity index (χ2n) is 4.03. The maximum atomic E-state index is 11.8. The minimum atomic E-state index is -0.656. The van der Waals surface area contributed by atoms with Crippen molar-refractivity contribution in [2.24, 2.45) is 0 Å². The van der Waals surface area contributed by atoms with Crippen molar-refractivity contribution in [1.82, 2.24) is 0 Å². The summed E-state index contributed by atoms with van der Waals surface area (Å²) in [6, 6.07) is 8.00. The van der Waals surface area contributed by atoms with Crippen LogP contribution in [0.25, 0.3) is 0 Å². The molecule has 6 heteroatoms. The van der Waals surface area contributed by atoms with Crippen LogP contribution in [0.4, 0.5) is 5.69 Å². The van der Waals surface area contributed by atoms with Gasteiger partial charge in [0.2, 0.25) is 5.91 Å². The van der Waals surface area contributed by atoms with E-state index in [1.165, 1.54) is 36.6 Å². The van der Waals surface area contributed by atoms with Crippen molar-refractivity contribution in [3.63, 3.8) is 0 Å². The summed E-state index contributed by atoms with van der Waals surface area (Å²) in [5.74, 6) is -1.03. The maximum absolute atomic E-state index is 11.8. The van der Waals surface area contributed by atoms with Gasteiger partial charge in [-0.15, -0.1) is 11.3 Å². The Labute approximate surface area is 119 Å². The van der Waals surface area contributed by atoms with Crippen LogP contribution in [0.3, 0.4) is 0 Å². The normalized spacial score (nSPS) is 10.1. The zero-order valence-corrected chi connectivity index (χ0v) is 11.6. The molecule has 104 valence electrons. The number of anilines is 1. The Morgan fingerprint density at radius 3 is 2.80 bits per heavy atom. The van der Waals surface area contributed by atoms with E-state index in [0.717, 1.165) is 4.88 Å². The molecule has 2 rings (SSSR count). The van der Waals surface area contributed by atoms with Crippen LogP contribution in [0, 0.1) is 0 Å². The van der Waals surface area contributed by atoms with Gasteiger partial charge in [-0.25, -0.2) is 4.79 Å². The number of hydrogen-bond donors (Lipinski definition) is 2. The first-order valence-corrected chi connectivity index (χ1v) is 6.71. The van der Waals surface area contributed by atoms with Crippen LogP contribution in [0.5, 0.6) is 5.75 Å². The van der Waals surface area contributed by atoms with Gasteiger partial charge in [0.25, 0.3) is 0 Å². The SMILES string of the molecule is COC(=O)c1cc(NC(=O)Cc2cccs2)ccc1O. The van der Waals surface area contributed by atoms with Gasteiger partial charge in [0.15, 0.2) is 0 Å². The van der Waals surface area contributed by atoms with Crippen molar-refractivity contribution in [1.29, 1.82) is 0 Å². The summed E-state index contributed by atoms with van der Waals surface area (Å²) in [5, 5.41) is 14.1. The fraction of sp³-hybridized carbons (Fsp3) is 0.143. The van der Waals surface area contributed by atoms with Crippen molar-refractivity contribution in [3.8, 4) is 5.75 Å².